The molecule has 1 amide bonds. The van der Waals surface area contributed by atoms with Gasteiger partial charge in [0.2, 0.25) is 15.9 Å². The molecule has 8 heteroatoms. The van der Waals surface area contributed by atoms with Gasteiger partial charge in [0.25, 0.3) is 0 Å². The summed E-state index contributed by atoms with van der Waals surface area (Å²) in [5, 5.41) is 2.95. The zero-order valence-corrected chi connectivity index (χ0v) is 17.7. The van der Waals surface area contributed by atoms with Crippen LogP contribution in [-0.2, 0) is 14.8 Å². The number of hydrogen-bond donors (Lipinski definition) is 4. The van der Waals surface area contributed by atoms with Gasteiger partial charge in [0.15, 0.2) is 0 Å². The Kier molecular flexibility index (Phi) is 6.75. The summed E-state index contributed by atoms with van der Waals surface area (Å²) < 4.78 is 28.0. The van der Waals surface area contributed by atoms with Crippen molar-refractivity contribution in [3.63, 3.8) is 0 Å². The molecular weight excluding hydrogens is 376 g/mol. The van der Waals surface area contributed by atoms with Crippen molar-refractivity contribution >= 4 is 15.9 Å². The van der Waals surface area contributed by atoms with Crippen LogP contribution >= 0.6 is 0 Å². The van der Waals surface area contributed by atoms with Gasteiger partial charge in [0.05, 0.1) is 4.90 Å². The summed E-state index contributed by atoms with van der Waals surface area (Å²) in [4.78, 5) is 12.9. The molecule has 1 aliphatic heterocycles. The minimum Gasteiger partial charge on any atom is -0.353 e. The monoisotopic (exact) mass is 408 g/mol. The predicted molar refractivity (Wildman–Crippen MR) is 109 cm³/mol. The van der Waals surface area contributed by atoms with E-state index in [1.807, 2.05) is 20.8 Å². The van der Waals surface area contributed by atoms with Crippen LogP contribution < -0.4 is 20.9 Å². The molecule has 2 aliphatic rings. The van der Waals surface area contributed by atoms with E-state index in [-0.39, 0.29) is 22.8 Å². The lowest BCUT2D eigenvalue weighted by atomic mass is 9.82. The Morgan fingerprint density at radius 1 is 1.14 bits per heavy atom. The molecule has 4 atom stereocenters. The van der Waals surface area contributed by atoms with Gasteiger partial charge in [-0.1, -0.05) is 44.4 Å². The van der Waals surface area contributed by atoms with Crippen LogP contribution in [0.15, 0.2) is 29.2 Å². The molecular formula is C20H32N4O3S. The van der Waals surface area contributed by atoms with E-state index in [0.29, 0.717) is 18.5 Å². The van der Waals surface area contributed by atoms with Crippen molar-refractivity contribution in [2.75, 3.05) is 6.54 Å². The maximum absolute atomic E-state index is 12.8. The first-order chi connectivity index (χ1) is 13.3. The molecule has 4 unspecified atom stereocenters. The van der Waals surface area contributed by atoms with Crippen molar-refractivity contribution in [1.82, 2.24) is 20.9 Å². The fourth-order valence-electron chi connectivity index (χ4n) is 4.11. The third-order valence-corrected chi connectivity index (χ3v) is 7.31. The van der Waals surface area contributed by atoms with E-state index in [1.54, 1.807) is 24.3 Å². The molecule has 28 heavy (non-hydrogen) atoms. The largest absolute Gasteiger partial charge is 0.353 e. The van der Waals surface area contributed by atoms with Crippen LogP contribution in [0.1, 0.15) is 45.1 Å². The lowest BCUT2D eigenvalue weighted by molar-refractivity contribution is -0.123. The highest BCUT2D eigenvalue weighted by atomic mass is 32.2. The maximum atomic E-state index is 12.8. The minimum atomic E-state index is -3.76. The van der Waals surface area contributed by atoms with Crippen molar-refractivity contribution in [2.45, 2.75) is 69.5 Å². The summed E-state index contributed by atoms with van der Waals surface area (Å²) in [6.07, 6.45) is 4.77. The third kappa shape index (κ3) is 4.92. The van der Waals surface area contributed by atoms with Crippen LogP contribution in [0.5, 0.6) is 0 Å². The number of carbonyl (C=O) groups is 1. The van der Waals surface area contributed by atoms with Crippen LogP contribution in [-0.4, -0.2) is 39.0 Å². The molecule has 0 radical (unpaired) electrons. The van der Waals surface area contributed by atoms with E-state index in [9.17, 15) is 13.2 Å². The second-order valence-electron chi connectivity index (χ2n) is 8.35. The summed E-state index contributed by atoms with van der Waals surface area (Å²) >= 11 is 0. The third-order valence-electron chi connectivity index (χ3n) is 5.85. The van der Waals surface area contributed by atoms with Gasteiger partial charge >= 0.3 is 0 Å². The Morgan fingerprint density at radius 2 is 1.82 bits per heavy atom. The predicted octanol–water partition coefficient (Wildman–Crippen LogP) is 1.45. The molecule has 1 aromatic rings. The fraction of sp³-hybridized carbons (Fsp3) is 0.650. The van der Waals surface area contributed by atoms with Crippen LogP contribution in [0.3, 0.4) is 0 Å². The van der Waals surface area contributed by atoms with Crippen molar-refractivity contribution in [2.24, 2.45) is 11.8 Å². The standard InChI is InChI=1S/C20H32N4O3S/c1-13(2)19(24-28(26,27)15-10-8-14(3)9-11-15)20(25)21-12-18-16-6-4-5-7-17(16)22-23-18/h8-11,13,16-19,22-24H,4-7,12H2,1-3H3,(H,21,25). The minimum absolute atomic E-state index is 0.169. The van der Waals surface area contributed by atoms with Crippen molar-refractivity contribution in [1.29, 1.82) is 0 Å². The van der Waals surface area contributed by atoms with Gasteiger partial charge in [0.1, 0.15) is 6.04 Å². The summed E-state index contributed by atoms with van der Waals surface area (Å²) in [5.74, 6) is 0.0554. The SMILES string of the molecule is Cc1ccc(S(=O)(=O)NC(C(=O)NCC2NNC3CCCCC32)C(C)C)cc1. The summed E-state index contributed by atoms with van der Waals surface area (Å²) in [5.41, 5.74) is 7.62. The number of hydrogen-bond acceptors (Lipinski definition) is 5. The highest BCUT2D eigenvalue weighted by molar-refractivity contribution is 7.89. The van der Waals surface area contributed by atoms with Crippen molar-refractivity contribution < 1.29 is 13.2 Å². The number of sulfonamides is 1. The molecule has 1 aliphatic carbocycles. The number of rotatable bonds is 7. The number of aryl methyl sites for hydroxylation is 1. The smallest absolute Gasteiger partial charge is 0.241 e. The Balaban J connectivity index is 1.61. The molecule has 0 spiro atoms. The molecule has 1 saturated carbocycles. The van der Waals surface area contributed by atoms with Gasteiger partial charge in [-0.25, -0.2) is 8.42 Å². The van der Waals surface area contributed by atoms with Crippen molar-refractivity contribution in [3.8, 4) is 0 Å². The van der Waals surface area contributed by atoms with Crippen LogP contribution in [0.4, 0.5) is 0 Å². The number of benzene rings is 1. The van der Waals surface area contributed by atoms with E-state index in [2.05, 4.69) is 20.9 Å². The normalized spacial score (nSPS) is 26.1. The lowest BCUT2D eigenvalue weighted by Crippen LogP contribution is -2.52. The first-order valence-electron chi connectivity index (χ1n) is 10.2. The fourth-order valence-corrected chi connectivity index (χ4v) is 5.45. The Labute approximate surface area is 168 Å². The molecule has 1 saturated heterocycles. The van der Waals surface area contributed by atoms with Crippen LogP contribution in [0, 0.1) is 18.8 Å². The van der Waals surface area contributed by atoms with Gasteiger partial charge < -0.3 is 5.32 Å². The highest BCUT2D eigenvalue weighted by Crippen LogP contribution is 2.29. The van der Waals surface area contributed by atoms with Gasteiger partial charge in [-0.05, 0) is 43.7 Å². The highest BCUT2D eigenvalue weighted by Gasteiger charge is 2.37. The Morgan fingerprint density at radius 3 is 2.50 bits per heavy atom. The molecule has 0 aromatic heterocycles. The molecule has 1 aromatic carbocycles. The maximum Gasteiger partial charge on any atom is 0.241 e. The zero-order chi connectivity index (χ0) is 20.3. The Hall–Kier alpha value is -1.48. The van der Waals surface area contributed by atoms with E-state index in [4.69, 9.17) is 0 Å². The van der Waals surface area contributed by atoms with Gasteiger partial charge in [-0.3, -0.25) is 15.6 Å². The van der Waals surface area contributed by atoms with E-state index >= 15 is 0 Å². The topological polar surface area (TPSA) is 99.3 Å². The Bertz CT molecular complexity index is 779. The van der Waals surface area contributed by atoms with Crippen molar-refractivity contribution in [3.05, 3.63) is 29.8 Å². The lowest BCUT2D eigenvalue weighted by Gasteiger charge is -2.28. The molecule has 0 bridgehead atoms. The molecule has 3 rings (SSSR count). The first-order valence-corrected chi connectivity index (χ1v) is 11.6. The quantitative estimate of drug-likeness (QED) is 0.547. The second kappa shape index (κ2) is 8.90. The van der Waals surface area contributed by atoms with E-state index in [0.717, 1.165) is 18.4 Å². The summed E-state index contributed by atoms with van der Waals surface area (Å²) in [6.45, 7) is 6.07. The number of nitrogens with one attached hydrogen (secondary N) is 4. The molecule has 156 valence electrons. The molecule has 4 N–H and O–H groups in total. The second-order valence-corrected chi connectivity index (χ2v) is 10.1. The average molecular weight is 409 g/mol. The number of hydrazine groups is 1. The molecule has 1 heterocycles. The van der Waals surface area contributed by atoms with Gasteiger partial charge in [0, 0.05) is 18.6 Å². The van der Waals surface area contributed by atoms with Gasteiger partial charge in [-0.15, -0.1) is 0 Å². The number of fused-ring (bicyclic) bond motifs is 1. The average Bonchev–Trinajstić information content (AvgIpc) is 3.07. The number of amides is 1. The molecule has 2 fully saturated rings. The first kappa shape index (κ1) is 21.2. The summed E-state index contributed by atoms with van der Waals surface area (Å²) in [6, 6.07) is 6.45. The summed E-state index contributed by atoms with van der Waals surface area (Å²) in [7, 11) is -3.76. The molecule has 7 nitrogen and oxygen atoms in total. The number of carbonyl (C=O) groups excluding carboxylic acids is 1. The van der Waals surface area contributed by atoms with E-state index in [1.165, 1.54) is 12.8 Å². The van der Waals surface area contributed by atoms with Crippen LogP contribution in [0.2, 0.25) is 0 Å². The zero-order valence-electron chi connectivity index (χ0n) is 16.9. The van der Waals surface area contributed by atoms with E-state index < -0.39 is 16.1 Å². The van der Waals surface area contributed by atoms with Crippen LogP contribution in [0.25, 0.3) is 0 Å². The van der Waals surface area contributed by atoms with Gasteiger partial charge in [-0.2, -0.15) is 4.72 Å².